The minimum Gasteiger partial charge on any atom is -0.388 e. The normalized spacial score (nSPS) is 43.2. The highest BCUT2D eigenvalue weighted by Crippen LogP contribution is 2.66. The Kier molecular flexibility index (Phi) is 5.88. The second-order valence-corrected chi connectivity index (χ2v) is 13.1. The molecule has 4 fully saturated rings. The Labute approximate surface area is 212 Å². The molecule has 0 unspecified atom stereocenters. The van der Waals surface area contributed by atoms with Crippen molar-refractivity contribution in [2.24, 2.45) is 28.6 Å². The van der Waals surface area contributed by atoms with Crippen LogP contribution >= 0.6 is 0 Å². The number of aromatic nitrogens is 1. The number of aliphatic hydroxyl groups is 1. The molecule has 0 radical (unpaired) electrons. The van der Waals surface area contributed by atoms with Gasteiger partial charge >= 0.3 is 0 Å². The maximum atomic E-state index is 11.5. The monoisotopic (exact) mass is 473 g/mol. The number of fused-ring (bicyclic) bond motifs is 5. The fourth-order valence-corrected chi connectivity index (χ4v) is 9.68. The zero-order valence-electron chi connectivity index (χ0n) is 22.0. The number of hydrogen-bond donors (Lipinski definition) is 1. The summed E-state index contributed by atoms with van der Waals surface area (Å²) in [6.45, 7) is 13.0. The van der Waals surface area contributed by atoms with Crippen molar-refractivity contribution in [1.29, 1.82) is 0 Å². The third-order valence-electron chi connectivity index (χ3n) is 11.7. The molecule has 1 saturated heterocycles. The lowest BCUT2D eigenvalue weighted by molar-refractivity contribution is -0.936. The molecule has 1 aliphatic heterocycles. The van der Waals surface area contributed by atoms with Crippen LogP contribution in [0.25, 0.3) is 6.08 Å². The number of aliphatic hydroxyl groups excluding tert-OH is 1. The number of nitrogens with zero attached hydrogens (tertiary/aromatic N) is 2. The fourth-order valence-electron chi connectivity index (χ4n) is 9.68. The van der Waals surface area contributed by atoms with Crippen molar-refractivity contribution >= 4 is 6.08 Å². The first kappa shape index (κ1) is 23.7. The number of allylic oxidation sites excluding steroid dienone is 1. The highest BCUT2D eigenvalue weighted by atomic mass is 16.3. The maximum absolute atomic E-state index is 11.5. The van der Waals surface area contributed by atoms with Crippen molar-refractivity contribution in [3.63, 3.8) is 0 Å². The molecule has 4 aliphatic carbocycles. The smallest absolute Gasteiger partial charge is 0.0973 e. The predicted octanol–water partition coefficient (Wildman–Crippen LogP) is 6.56. The van der Waals surface area contributed by atoms with E-state index in [-0.39, 0.29) is 11.5 Å². The van der Waals surface area contributed by atoms with Crippen LogP contribution in [0.1, 0.15) is 77.3 Å². The van der Waals surface area contributed by atoms with Crippen LogP contribution in [-0.4, -0.2) is 46.4 Å². The number of rotatable bonds is 4. The first-order chi connectivity index (χ1) is 16.9. The molecule has 1 aromatic heterocycles. The van der Waals surface area contributed by atoms with E-state index in [4.69, 9.17) is 0 Å². The molecule has 5 aliphatic rings. The second kappa shape index (κ2) is 8.70. The van der Waals surface area contributed by atoms with Crippen LogP contribution in [0.2, 0.25) is 0 Å². The lowest BCUT2D eigenvalue weighted by Gasteiger charge is -2.58. The van der Waals surface area contributed by atoms with Crippen molar-refractivity contribution < 1.29 is 9.59 Å². The summed E-state index contributed by atoms with van der Waals surface area (Å²) >= 11 is 0. The van der Waals surface area contributed by atoms with Gasteiger partial charge in [-0.15, -0.1) is 0 Å². The predicted molar refractivity (Wildman–Crippen MR) is 143 cm³/mol. The first-order valence-electron chi connectivity index (χ1n) is 14.4. The molecule has 0 bridgehead atoms. The van der Waals surface area contributed by atoms with Gasteiger partial charge in [-0.05, 0) is 85.1 Å². The van der Waals surface area contributed by atoms with Gasteiger partial charge in [0.1, 0.15) is 0 Å². The van der Waals surface area contributed by atoms with E-state index in [0.717, 1.165) is 37.0 Å². The summed E-state index contributed by atoms with van der Waals surface area (Å²) in [4.78, 5) is 4.52. The summed E-state index contributed by atoms with van der Waals surface area (Å²) in [5.41, 5.74) is 4.35. The van der Waals surface area contributed by atoms with Crippen LogP contribution < -0.4 is 0 Å². The van der Waals surface area contributed by atoms with Gasteiger partial charge in [-0.1, -0.05) is 38.1 Å². The molecule has 7 atom stereocenters. The zero-order chi connectivity index (χ0) is 24.3. The second-order valence-electron chi connectivity index (χ2n) is 13.1. The van der Waals surface area contributed by atoms with Crippen LogP contribution in [-0.2, 0) is 0 Å². The molecule has 2 heterocycles. The van der Waals surface area contributed by atoms with Gasteiger partial charge in [0, 0.05) is 37.3 Å². The number of hydrogen-bond acceptors (Lipinski definition) is 2. The average molecular weight is 474 g/mol. The van der Waals surface area contributed by atoms with Crippen LogP contribution in [0.4, 0.5) is 0 Å². The minimum atomic E-state index is -0.331. The Morgan fingerprint density at radius 2 is 1.94 bits per heavy atom. The van der Waals surface area contributed by atoms with Gasteiger partial charge in [-0.3, -0.25) is 4.98 Å². The van der Waals surface area contributed by atoms with Crippen molar-refractivity contribution in [3.8, 4) is 0 Å². The summed E-state index contributed by atoms with van der Waals surface area (Å²) in [5.74, 6) is 2.05. The molecule has 3 heteroatoms. The standard InChI is InChI=1S/C32H45N2O/c1-4-17-34(18-7-8-19-34)26-12-14-31(2)24(22-26)10-11-27-28(31)13-15-32(3)29(27)21-23(30(32)35)20-25-9-5-6-16-33-25/h4-6,9-10,16,20,26-30,35H,1,7-8,11-15,17-19,21-22H2,2-3H3/q+1/b23-20+/t26-,27+,28-,29-,30-,31-,32-/m0/s1. The molecule has 0 spiro atoms. The lowest BCUT2D eigenvalue weighted by Crippen LogP contribution is -2.58. The molecule has 0 aromatic carbocycles. The van der Waals surface area contributed by atoms with E-state index >= 15 is 0 Å². The minimum absolute atomic E-state index is 0.00937. The van der Waals surface area contributed by atoms with E-state index in [1.807, 2.05) is 18.3 Å². The van der Waals surface area contributed by atoms with Crippen LogP contribution in [0, 0.1) is 28.6 Å². The lowest BCUT2D eigenvalue weighted by atomic mass is 9.47. The van der Waals surface area contributed by atoms with E-state index in [2.05, 4.69) is 49.7 Å². The highest BCUT2D eigenvalue weighted by molar-refractivity contribution is 5.52. The fraction of sp³-hybridized carbons (Fsp3) is 0.656. The molecule has 35 heavy (non-hydrogen) atoms. The van der Waals surface area contributed by atoms with Gasteiger partial charge in [0.15, 0.2) is 0 Å². The molecule has 3 saturated carbocycles. The molecular weight excluding hydrogens is 428 g/mol. The Hall–Kier alpha value is -1.71. The van der Waals surface area contributed by atoms with Gasteiger partial charge in [-0.2, -0.15) is 0 Å². The third kappa shape index (κ3) is 3.63. The van der Waals surface area contributed by atoms with E-state index in [1.54, 1.807) is 5.57 Å². The van der Waals surface area contributed by atoms with Crippen molar-refractivity contribution in [3.05, 3.63) is 60.0 Å². The molecule has 6 rings (SSSR count). The van der Waals surface area contributed by atoms with Crippen LogP contribution in [0.15, 0.2) is 54.3 Å². The Balaban J connectivity index is 1.26. The molecule has 3 nitrogen and oxygen atoms in total. The van der Waals surface area contributed by atoms with E-state index in [1.165, 1.54) is 68.1 Å². The van der Waals surface area contributed by atoms with Crippen molar-refractivity contribution in [1.82, 2.24) is 4.98 Å². The van der Waals surface area contributed by atoms with Gasteiger partial charge in [-0.25, -0.2) is 0 Å². The van der Waals surface area contributed by atoms with E-state index in [9.17, 15) is 5.11 Å². The van der Waals surface area contributed by atoms with Crippen molar-refractivity contribution in [2.45, 2.75) is 83.8 Å². The first-order valence-corrected chi connectivity index (χ1v) is 14.4. The molecular formula is C32H45N2O+. The van der Waals surface area contributed by atoms with Gasteiger partial charge < -0.3 is 9.59 Å². The number of likely N-dealkylation sites (tertiary alicyclic amines) is 1. The zero-order valence-corrected chi connectivity index (χ0v) is 22.0. The summed E-state index contributed by atoms with van der Waals surface area (Å²) < 4.78 is 1.31. The molecule has 188 valence electrons. The van der Waals surface area contributed by atoms with Crippen LogP contribution in [0.3, 0.4) is 0 Å². The molecule has 1 aromatic rings. The summed E-state index contributed by atoms with van der Waals surface area (Å²) in [5, 5.41) is 11.5. The van der Waals surface area contributed by atoms with Gasteiger partial charge in [0.25, 0.3) is 0 Å². The Bertz CT molecular complexity index is 1020. The average Bonchev–Trinajstić information content (AvgIpc) is 3.43. The van der Waals surface area contributed by atoms with Gasteiger partial charge in [0.2, 0.25) is 0 Å². The number of quaternary nitrogens is 1. The van der Waals surface area contributed by atoms with Gasteiger partial charge in [0.05, 0.1) is 37.5 Å². The molecule has 1 N–H and O–H groups in total. The Morgan fingerprint density at radius 1 is 1.11 bits per heavy atom. The Morgan fingerprint density at radius 3 is 2.69 bits per heavy atom. The largest absolute Gasteiger partial charge is 0.388 e. The quantitative estimate of drug-likeness (QED) is 0.397. The van der Waals surface area contributed by atoms with E-state index in [0.29, 0.717) is 17.3 Å². The summed E-state index contributed by atoms with van der Waals surface area (Å²) in [6.07, 6.45) is 20.1. The SMILES string of the molecule is C=CC[N+]1([C@H]2CC[C@@]3(C)C(=CC[C@H]4[C@@H]5C/C(=C\c6ccccn6)[C@H](O)[C@@]5(C)CC[C@@H]43)C2)CCCC1. The van der Waals surface area contributed by atoms with E-state index < -0.39 is 0 Å². The summed E-state index contributed by atoms with van der Waals surface area (Å²) in [7, 11) is 0. The third-order valence-corrected chi connectivity index (χ3v) is 11.7. The molecule has 0 amide bonds. The number of pyridine rings is 1. The van der Waals surface area contributed by atoms with Crippen LogP contribution in [0.5, 0.6) is 0 Å². The topological polar surface area (TPSA) is 33.1 Å². The maximum Gasteiger partial charge on any atom is 0.0973 e. The highest BCUT2D eigenvalue weighted by Gasteiger charge is 2.60. The summed E-state index contributed by atoms with van der Waals surface area (Å²) in [6, 6.07) is 6.86. The van der Waals surface area contributed by atoms with Crippen molar-refractivity contribution in [2.75, 3.05) is 19.6 Å².